The van der Waals surface area contributed by atoms with Gasteiger partial charge in [0.2, 0.25) is 0 Å². The number of rotatable bonds is 5. The van der Waals surface area contributed by atoms with Crippen LogP contribution in [0, 0.1) is 13.8 Å². The van der Waals surface area contributed by atoms with E-state index in [1.807, 2.05) is 32.0 Å². The molecule has 0 aliphatic carbocycles. The van der Waals surface area contributed by atoms with Crippen LogP contribution in [0.1, 0.15) is 27.0 Å². The van der Waals surface area contributed by atoms with E-state index < -0.39 is 17.9 Å². The van der Waals surface area contributed by atoms with Crippen molar-refractivity contribution in [2.24, 2.45) is 0 Å². The van der Waals surface area contributed by atoms with Crippen molar-refractivity contribution in [1.82, 2.24) is 5.32 Å². The molecule has 5 heteroatoms. The number of nitrogens with one attached hydrogen (secondary N) is 1. The Balaban J connectivity index is 2.19. The number of amides is 1. The Morgan fingerprint density at radius 1 is 1.12 bits per heavy atom. The van der Waals surface area contributed by atoms with E-state index in [1.54, 1.807) is 24.3 Å². The number of esters is 1. The van der Waals surface area contributed by atoms with Gasteiger partial charge in [0.1, 0.15) is 6.04 Å². The number of methoxy groups -OCH3 is 1. The number of aryl methyl sites for hydroxylation is 2. The molecule has 2 aromatic rings. The van der Waals surface area contributed by atoms with E-state index in [9.17, 15) is 9.59 Å². The van der Waals surface area contributed by atoms with Crippen LogP contribution in [-0.4, -0.2) is 25.0 Å². The smallest absolute Gasteiger partial charge is 0.328 e. The molecule has 0 aliphatic heterocycles. The summed E-state index contributed by atoms with van der Waals surface area (Å²) < 4.78 is 4.82. The van der Waals surface area contributed by atoms with Gasteiger partial charge in [0, 0.05) is 6.42 Å². The molecule has 0 radical (unpaired) electrons. The lowest BCUT2D eigenvalue weighted by Gasteiger charge is -2.17. The first kappa shape index (κ1) is 18.0. The van der Waals surface area contributed by atoms with Gasteiger partial charge in [-0.05, 0) is 42.7 Å². The summed E-state index contributed by atoms with van der Waals surface area (Å²) in [7, 11) is 1.30. The van der Waals surface area contributed by atoms with E-state index in [-0.39, 0.29) is 0 Å². The lowest BCUT2D eigenvalue weighted by atomic mass is 10.0. The topological polar surface area (TPSA) is 55.4 Å². The van der Waals surface area contributed by atoms with Gasteiger partial charge in [-0.2, -0.15) is 0 Å². The Hall–Kier alpha value is -2.33. The number of carbonyl (C=O) groups excluding carboxylic acids is 2. The highest BCUT2D eigenvalue weighted by Gasteiger charge is 2.23. The summed E-state index contributed by atoms with van der Waals surface area (Å²) in [6, 6.07) is 11.9. The summed E-state index contributed by atoms with van der Waals surface area (Å²) in [5, 5.41) is 3.05. The third-order valence-electron chi connectivity index (χ3n) is 3.92. The summed E-state index contributed by atoms with van der Waals surface area (Å²) in [5.74, 6) is -0.895. The maximum atomic E-state index is 12.4. The average molecular weight is 346 g/mol. The molecule has 1 atom stereocenters. The molecular formula is C19H20ClNO3. The van der Waals surface area contributed by atoms with Crippen LogP contribution >= 0.6 is 11.6 Å². The van der Waals surface area contributed by atoms with E-state index in [0.717, 1.165) is 11.1 Å². The molecule has 126 valence electrons. The molecule has 0 spiro atoms. The molecule has 4 nitrogen and oxygen atoms in total. The normalized spacial score (nSPS) is 11.7. The maximum Gasteiger partial charge on any atom is 0.328 e. The van der Waals surface area contributed by atoms with Crippen molar-refractivity contribution >= 4 is 23.5 Å². The summed E-state index contributed by atoms with van der Waals surface area (Å²) >= 11 is 6.04. The van der Waals surface area contributed by atoms with Crippen molar-refractivity contribution in [1.29, 1.82) is 0 Å². The van der Waals surface area contributed by atoms with Crippen molar-refractivity contribution < 1.29 is 14.3 Å². The third kappa shape index (κ3) is 4.36. The summed E-state index contributed by atoms with van der Waals surface area (Å²) in [4.78, 5) is 24.5. The molecule has 2 rings (SSSR count). The Labute approximate surface area is 146 Å². The number of hydrogen-bond donors (Lipinski definition) is 1. The van der Waals surface area contributed by atoms with Gasteiger partial charge in [0.05, 0.1) is 17.7 Å². The largest absolute Gasteiger partial charge is 0.467 e. The number of ether oxygens (including phenoxy) is 1. The van der Waals surface area contributed by atoms with Crippen LogP contribution in [0.25, 0.3) is 0 Å². The molecule has 1 amide bonds. The van der Waals surface area contributed by atoms with Gasteiger partial charge in [0.15, 0.2) is 0 Å². The highest BCUT2D eigenvalue weighted by molar-refractivity contribution is 6.33. The monoisotopic (exact) mass is 345 g/mol. The zero-order valence-electron chi connectivity index (χ0n) is 13.9. The Kier molecular flexibility index (Phi) is 5.99. The minimum absolute atomic E-state index is 0.327. The van der Waals surface area contributed by atoms with E-state index >= 15 is 0 Å². The lowest BCUT2D eigenvalue weighted by Crippen LogP contribution is -2.43. The SMILES string of the molecule is COC(=O)[C@@H](Cc1ccc(C)c(C)c1)NC(=O)c1ccccc1Cl. The van der Waals surface area contributed by atoms with Crippen LogP contribution in [0.2, 0.25) is 5.02 Å². The van der Waals surface area contributed by atoms with Crippen molar-refractivity contribution in [2.75, 3.05) is 7.11 Å². The van der Waals surface area contributed by atoms with E-state index in [4.69, 9.17) is 16.3 Å². The second kappa shape index (κ2) is 7.97. The molecule has 0 heterocycles. The van der Waals surface area contributed by atoms with E-state index in [0.29, 0.717) is 17.0 Å². The highest BCUT2D eigenvalue weighted by Crippen LogP contribution is 2.16. The molecule has 0 unspecified atom stereocenters. The predicted octanol–water partition coefficient (Wildman–Crippen LogP) is 3.47. The van der Waals surface area contributed by atoms with Crippen LogP contribution in [0.3, 0.4) is 0 Å². The van der Waals surface area contributed by atoms with Crippen molar-refractivity contribution in [3.8, 4) is 0 Å². The van der Waals surface area contributed by atoms with Gasteiger partial charge in [-0.25, -0.2) is 4.79 Å². The van der Waals surface area contributed by atoms with Crippen LogP contribution in [-0.2, 0) is 16.0 Å². The first-order valence-electron chi connectivity index (χ1n) is 7.61. The summed E-state index contributed by atoms with van der Waals surface area (Å²) in [6.45, 7) is 4.03. The predicted molar refractivity (Wildman–Crippen MR) is 94.3 cm³/mol. The van der Waals surface area contributed by atoms with Crippen LogP contribution in [0.4, 0.5) is 0 Å². The number of halogens is 1. The van der Waals surface area contributed by atoms with Gasteiger partial charge in [-0.3, -0.25) is 4.79 Å². The molecule has 1 N–H and O–H groups in total. The van der Waals surface area contributed by atoms with Gasteiger partial charge in [-0.15, -0.1) is 0 Å². The first-order chi connectivity index (χ1) is 11.4. The van der Waals surface area contributed by atoms with E-state index in [1.165, 1.54) is 12.7 Å². The molecule has 2 aromatic carbocycles. The fraction of sp³-hybridized carbons (Fsp3) is 0.263. The molecule has 0 bridgehead atoms. The zero-order valence-corrected chi connectivity index (χ0v) is 14.7. The standard InChI is InChI=1S/C19H20ClNO3/c1-12-8-9-14(10-13(12)2)11-17(19(23)24-3)21-18(22)15-6-4-5-7-16(15)20/h4-10,17H,11H2,1-3H3,(H,21,22)/t17-/m1/s1. The Morgan fingerprint density at radius 2 is 1.83 bits per heavy atom. The van der Waals surface area contributed by atoms with Crippen LogP contribution in [0.5, 0.6) is 0 Å². The third-order valence-corrected chi connectivity index (χ3v) is 4.25. The minimum Gasteiger partial charge on any atom is -0.467 e. The average Bonchev–Trinajstić information content (AvgIpc) is 2.57. The highest BCUT2D eigenvalue weighted by atomic mass is 35.5. The molecule has 24 heavy (non-hydrogen) atoms. The van der Waals surface area contributed by atoms with E-state index in [2.05, 4.69) is 5.32 Å². The van der Waals surface area contributed by atoms with Crippen molar-refractivity contribution in [3.05, 3.63) is 69.7 Å². The number of hydrogen-bond acceptors (Lipinski definition) is 3. The quantitative estimate of drug-likeness (QED) is 0.844. The molecular weight excluding hydrogens is 326 g/mol. The minimum atomic E-state index is -0.777. The molecule has 0 aromatic heterocycles. The molecule has 0 aliphatic rings. The fourth-order valence-corrected chi connectivity index (χ4v) is 2.60. The summed E-state index contributed by atoms with van der Waals surface area (Å²) in [6.07, 6.45) is 0.351. The van der Waals surface area contributed by atoms with Crippen LogP contribution < -0.4 is 5.32 Å². The second-order valence-electron chi connectivity index (χ2n) is 5.65. The Morgan fingerprint density at radius 3 is 2.46 bits per heavy atom. The lowest BCUT2D eigenvalue weighted by molar-refractivity contribution is -0.142. The molecule has 0 saturated carbocycles. The molecule has 0 fully saturated rings. The van der Waals surface area contributed by atoms with Gasteiger partial charge in [0.25, 0.3) is 5.91 Å². The molecule has 0 saturated heterocycles. The summed E-state index contributed by atoms with van der Waals surface area (Å²) in [5.41, 5.74) is 3.59. The second-order valence-corrected chi connectivity index (χ2v) is 6.06. The van der Waals surface area contributed by atoms with Gasteiger partial charge >= 0.3 is 5.97 Å². The van der Waals surface area contributed by atoms with Crippen LogP contribution in [0.15, 0.2) is 42.5 Å². The number of benzene rings is 2. The fourth-order valence-electron chi connectivity index (χ4n) is 2.38. The first-order valence-corrected chi connectivity index (χ1v) is 7.99. The van der Waals surface area contributed by atoms with Crippen molar-refractivity contribution in [2.45, 2.75) is 26.3 Å². The zero-order chi connectivity index (χ0) is 17.7. The maximum absolute atomic E-state index is 12.4. The number of carbonyl (C=O) groups is 2. The Bertz CT molecular complexity index is 758. The van der Waals surface area contributed by atoms with Gasteiger partial charge < -0.3 is 10.1 Å². The van der Waals surface area contributed by atoms with Gasteiger partial charge in [-0.1, -0.05) is 41.9 Å². The van der Waals surface area contributed by atoms with Crippen molar-refractivity contribution in [3.63, 3.8) is 0 Å².